The second kappa shape index (κ2) is 5.65. The molecule has 3 aromatic rings. The van der Waals surface area contributed by atoms with Gasteiger partial charge >= 0.3 is 5.82 Å². The first-order valence-electron chi connectivity index (χ1n) is 6.70. The van der Waals surface area contributed by atoms with Gasteiger partial charge in [-0.25, -0.2) is 0 Å². The summed E-state index contributed by atoms with van der Waals surface area (Å²) in [6.07, 6.45) is 1.62. The Morgan fingerprint density at radius 3 is 2.86 bits per heavy atom. The number of aromatic nitrogens is 2. The van der Waals surface area contributed by atoms with E-state index in [1.54, 1.807) is 30.5 Å². The topological polar surface area (TPSA) is 72.5 Å². The molecule has 0 saturated carbocycles. The van der Waals surface area contributed by atoms with Gasteiger partial charge in [-0.1, -0.05) is 29.8 Å². The summed E-state index contributed by atoms with van der Waals surface area (Å²) in [6.45, 7) is 1.90. The first-order valence-corrected chi connectivity index (χ1v) is 7.07. The predicted octanol–water partition coefficient (Wildman–Crippen LogP) is 4.07. The third-order valence-corrected chi connectivity index (χ3v) is 3.61. The van der Waals surface area contributed by atoms with Gasteiger partial charge in [0.1, 0.15) is 0 Å². The van der Waals surface area contributed by atoms with E-state index in [9.17, 15) is 10.1 Å². The normalized spacial score (nSPS) is 12.3. The largest absolute Gasteiger partial charge is 0.372 e. The third kappa shape index (κ3) is 2.60. The molecule has 1 atom stereocenters. The Morgan fingerprint density at radius 2 is 2.14 bits per heavy atom. The van der Waals surface area contributed by atoms with Crippen LogP contribution in [-0.4, -0.2) is 14.3 Å². The number of halogens is 1. The maximum atomic E-state index is 11.4. The molecule has 22 heavy (non-hydrogen) atoms. The highest BCUT2D eigenvalue weighted by Crippen LogP contribution is 2.29. The maximum Gasteiger partial charge on any atom is 0.372 e. The highest BCUT2D eigenvalue weighted by Gasteiger charge is 2.23. The molecule has 1 unspecified atom stereocenters. The predicted molar refractivity (Wildman–Crippen MR) is 85.3 cm³/mol. The van der Waals surface area contributed by atoms with E-state index in [1.165, 1.54) is 4.40 Å². The number of imidazole rings is 1. The van der Waals surface area contributed by atoms with E-state index in [1.807, 2.05) is 25.1 Å². The lowest BCUT2D eigenvalue weighted by molar-refractivity contribution is -0.389. The summed E-state index contributed by atoms with van der Waals surface area (Å²) in [5.41, 5.74) is 1.45. The van der Waals surface area contributed by atoms with Crippen molar-refractivity contribution in [2.24, 2.45) is 0 Å². The van der Waals surface area contributed by atoms with Gasteiger partial charge in [-0.05, 0) is 35.6 Å². The number of benzene rings is 1. The average Bonchev–Trinajstić information content (AvgIpc) is 2.85. The van der Waals surface area contributed by atoms with E-state index in [0.29, 0.717) is 10.7 Å². The molecule has 1 aromatic carbocycles. The van der Waals surface area contributed by atoms with Crippen molar-refractivity contribution >= 4 is 28.9 Å². The van der Waals surface area contributed by atoms with Crippen molar-refractivity contribution < 1.29 is 4.92 Å². The molecule has 2 aromatic heterocycles. The molecule has 0 saturated heterocycles. The molecular weight excluding hydrogens is 304 g/mol. The lowest BCUT2D eigenvalue weighted by Crippen LogP contribution is -2.08. The molecule has 3 rings (SSSR count). The van der Waals surface area contributed by atoms with Crippen molar-refractivity contribution in [3.05, 3.63) is 69.4 Å². The fourth-order valence-corrected chi connectivity index (χ4v) is 2.52. The Hall–Kier alpha value is -2.60. The molecule has 0 radical (unpaired) electrons. The zero-order chi connectivity index (χ0) is 15.7. The summed E-state index contributed by atoms with van der Waals surface area (Å²) in [5, 5.41) is 15.1. The molecule has 0 fully saturated rings. The van der Waals surface area contributed by atoms with E-state index in [-0.39, 0.29) is 17.7 Å². The van der Waals surface area contributed by atoms with Gasteiger partial charge in [0.15, 0.2) is 0 Å². The number of rotatable bonds is 4. The van der Waals surface area contributed by atoms with Gasteiger partial charge in [0, 0.05) is 11.1 Å². The van der Waals surface area contributed by atoms with Crippen LogP contribution in [0.1, 0.15) is 18.5 Å². The lowest BCUT2D eigenvalue weighted by atomic mass is 10.1. The molecule has 0 bridgehead atoms. The van der Waals surface area contributed by atoms with Crippen molar-refractivity contribution in [2.75, 3.05) is 5.32 Å². The number of hydrogen-bond donors (Lipinski definition) is 1. The fourth-order valence-electron chi connectivity index (χ4n) is 2.32. The van der Waals surface area contributed by atoms with Gasteiger partial charge in [-0.15, -0.1) is 0 Å². The van der Waals surface area contributed by atoms with Crippen LogP contribution in [0.25, 0.3) is 5.65 Å². The van der Waals surface area contributed by atoms with Crippen molar-refractivity contribution in [3.8, 4) is 0 Å². The van der Waals surface area contributed by atoms with Crippen molar-refractivity contribution in [2.45, 2.75) is 13.0 Å². The molecule has 0 aliphatic carbocycles. The number of pyridine rings is 1. The van der Waals surface area contributed by atoms with E-state index < -0.39 is 4.92 Å². The van der Waals surface area contributed by atoms with E-state index in [4.69, 9.17) is 11.6 Å². The summed E-state index contributed by atoms with van der Waals surface area (Å²) in [7, 11) is 0. The number of nitrogens with one attached hydrogen (secondary N) is 1. The molecule has 112 valence electrons. The third-order valence-electron chi connectivity index (χ3n) is 3.38. The van der Waals surface area contributed by atoms with Crippen molar-refractivity contribution in [3.63, 3.8) is 0 Å². The minimum absolute atomic E-state index is 0.0792. The number of fused-ring (bicyclic) bond motifs is 1. The van der Waals surface area contributed by atoms with Gasteiger partial charge in [0.05, 0.1) is 12.2 Å². The Kier molecular flexibility index (Phi) is 3.68. The van der Waals surface area contributed by atoms with Crippen molar-refractivity contribution in [1.29, 1.82) is 0 Å². The summed E-state index contributed by atoms with van der Waals surface area (Å²) < 4.78 is 1.45. The zero-order valence-electron chi connectivity index (χ0n) is 11.7. The van der Waals surface area contributed by atoms with Gasteiger partial charge in [-0.2, -0.15) is 9.38 Å². The highest BCUT2D eigenvalue weighted by atomic mass is 35.5. The Labute approximate surface area is 131 Å². The zero-order valence-corrected chi connectivity index (χ0v) is 12.5. The van der Waals surface area contributed by atoms with Crippen LogP contribution < -0.4 is 5.32 Å². The first-order chi connectivity index (χ1) is 10.6. The highest BCUT2D eigenvalue weighted by molar-refractivity contribution is 6.30. The lowest BCUT2D eigenvalue weighted by Gasteiger charge is -2.13. The van der Waals surface area contributed by atoms with Crippen LogP contribution in [0, 0.1) is 10.1 Å². The molecular formula is C15H13ClN4O2. The summed E-state index contributed by atoms with van der Waals surface area (Å²) in [4.78, 5) is 15.2. The van der Waals surface area contributed by atoms with E-state index >= 15 is 0 Å². The molecule has 7 heteroatoms. The standard InChI is InChI=1S/C15H13ClN4O2/c1-10(11-5-4-6-12(16)9-11)17-14-15(20(21)22)19-8-3-2-7-13(19)18-14/h2-10,17H,1H3. The van der Waals surface area contributed by atoms with E-state index in [2.05, 4.69) is 10.3 Å². The second-order valence-electron chi connectivity index (χ2n) is 4.89. The summed E-state index contributed by atoms with van der Waals surface area (Å²) in [5.74, 6) is 0.160. The molecule has 0 aliphatic rings. The molecule has 2 heterocycles. The molecule has 0 amide bonds. The van der Waals surface area contributed by atoms with E-state index in [0.717, 1.165) is 5.56 Å². The van der Waals surface area contributed by atoms with Crippen LogP contribution in [0.4, 0.5) is 11.6 Å². The number of nitro groups is 1. The Morgan fingerprint density at radius 1 is 1.32 bits per heavy atom. The number of nitrogens with zero attached hydrogens (tertiary/aromatic N) is 3. The number of hydrogen-bond acceptors (Lipinski definition) is 4. The molecule has 1 N–H and O–H groups in total. The van der Waals surface area contributed by atoms with Crippen LogP contribution in [0.15, 0.2) is 48.7 Å². The molecule has 6 nitrogen and oxygen atoms in total. The van der Waals surface area contributed by atoms with Gasteiger partial charge in [-0.3, -0.25) is 0 Å². The minimum atomic E-state index is -0.437. The maximum absolute atomic E-state index is 11.4. The average molecular weight is 317 g/mol. The van der Waals surface area contributed by atoms with Crippen LogP contribution in [0.2, 0.25) is 5.02 Å². The quantitative estimate of drug-likeness (QED) is 0.581. The molecule has 0 spiro atoms. The molecule has 0 aliphatic heterocycles. The minimum Gasteiger partial charge on any atom is -0.358 e. The Balaban J connectivity index is 2.00. The Bertz CT molecular complexity index is 846. The summed E-state index contributed by atoms with van der Waals surface area (Å²) >= 11 is 5.98. The van der Waals surface area contributed by atoms with Crippen LogP contribution >= 0.6 is 11.6 Å². The van der Waals surface area contributed by atoms with Crippen LogP contribution in [0.3, 0.4) is 0 Å². The van der Waals surface area contributed by atoms with Gasteiger partial charge in [0.25, 0.3) is 0 Å². The number of anilines is 1. The van der Waals surface area contributed by atoms with Gasteiger partial charge in [0.2, 0.25) is 11.5 Å². The van der Waals surface area contributed by atoms with Crippen molar-refractivity contribution in [1.82, 2.24) is 9.38 Å². The second-order valence-corrected chi connectivity index (χ2v) is 5.33. The fraction of sp³-hybridized carbons (Fsp3) is 0.133. The van der Waals surface area contributed by atoms with Crippen LogP contribution in [0.5, 0.6) is 0 Å². The summed E-state index contributed by atoms with van der Waals surface area (Å²) in [6, 6.07) is 12.4. The smallest absolute Gasteiger partial charge is 0.358 e. The van der Waals surface area contributed by atoms with Gasteiger partial charge < -0.3 is 15.4 Å². The SMILES string of the molecule is CC(Nc1nc2ccccn2c1[N+](=O)[O-])c1cccc(Cl)c1. The van der Waals surface area contributed by atoms with Crippen LogP contribution in [-0.2, 0) is 0 Å². The first kappa shape index (κ1) is 14.3. The monoisotopic (exact) mass is 316 g/mol.